The number of methoxy groups -OCH3 is 1. The average molecular weight is 263 g/mol. The van der Waals surface area contributed by atoms with Crippen LogP contribution < -0.4 is 9.64 Å². The van der Waals surface area contributed by atoms with Gasteiger partial charge < -0.3 is 14.7 Å². The third-order valence-electron chi connectivity index (χ3n) is 3.29. The summed E-state index contributed by atoms with van der Waals surface area (Å²) < 4.78 is 5.23. The van der Waals surface area contributed by atoms with E-state index >= 15 is 0 Å². The van der Waals surface area contributed by atoms with Gasteiger partial charge in [0.1, 0.15) is 5.75 Å². The molecular formula is C15H21NO3. The average Bonchev–Trinajstić information content (AvgIpc) is 3.19. The maximum atomic E-state index is 11.4. The van der Waals surface area contributed by atoms with E-state index in [9.17, 15) is 9.90 Å². The minimum Gasteiger partial charge on any atom is -0.497 e. The van der Waals surface area contributed by atoms with Crippen LogP contribution in [-0.2, 0) is 0 Å². The second kappa shape index (κ2) is 5.51. The standard InChI is InChI=1S/C15H21NO3/c1-10(2)9-16(11-4-5-11)14-8-12(19-3)6-7-13(14)15(17)18/h6-8,10-11H,4-5,9H2,1-3H3,(H,17,18). The Morgan fingerprint density at radius 1 is 1.47 bits per heavy atom. The third kappa shape index (κ3) is 3.19. The van der Waals surface area contributed by atoms with Gasteiger partial charge in [0.15, 0.2) is 0 Å². The zero-order valence-electron chi connectivity index (χ0n) is 11.7. The van der Waals surface area contributed by atoms with Crippen molar-refractivity contribution in [2.45, 2.75) is 32.7 Å². The number of carboxylic acids is 1. The highest BCUT2D eigenvalue weighted by atomic mass is 16.5. The molecule has 0 radical (unpaired) electrons. The molecule has 0 saturated heterocycles. The van der Waals surface area contributed by atoms with E-state index in [2.05, 4.69) is 18.7 Å². The Kier molecular flexibility index (Phi) is 3.98. The van der Waals surface area contributed by atoms with E-state index in [0.29, 0.717) is 23.3 Å². The summed E-state index contributed by atoms with van der Waals surface area (Å²) in [6.45, 7) is 5.17. The zero-order valence-corrected chi connectivity index (χ0v) is 11.7. The molecule has 1 saturated carbocycles. The fraction of sp³-hybridized carbons (Fsp3) is 0.533. The highest BCUT2D eigenvalue weighted by Crippen LogP contribution is 2.36. The van der Waals surface area contributed by atoms with Gasteiger partial charge in [-0.1, -0.05) is 13.8 Å². The number of anilines is 1. The second-order valence-corrected chi connectivity index (χ2v) is 5.47. The van der Waals surface area contributed by atoms with E-state index in [0.717, 1.165) is 25.1 Å². The molecule has 4 heteroatoms. The molecule has 1 fully saturated rings. The molecule has 1 aliphatic carbocycles. The Morgan fingerprint density at radius 3 is 2.63 bits per heavy atom. The Hall–Kier alpha value is -1.71. The fourth-order valence-corrected chi connectivity index (χ4v) is 2.28. The summed E-state index contributed by atoms with van der Waals surface area (Å²) in [4.78, 5) is 13.6. The molecule has 0 heterocycles. The van der Waals surface area contributed by atoms with Crippen LogP contribution in [-0.4, -0.2) is 30.8 Å². The van der Waals surface area contributed by atoms with Gasteiger partial charge in [-0.2, -0.15) is 0 Å². The summed E-state index contributed by atoms with van der Waals surface area (Å²) in [6.07, 6.45) is 2.28. The summed E-state index contributed by atoms with van der Waals surface area (Å²) in [6, 6.07) is 5.65. The number of ether oxygens (including phenoxy) is 1. The second-order valence-electron chi connectivity index (χ2n) is 5.47. The minimum atomic E-state index is -0.882. The quantitative estimate of drug-likeness (QED) is 0.857. The summed E-state index contributed by atoms with van der Waals surface area (Å²) in [5.41, 5.74) is 1.14. The number of aromatic carboxylic acids is 1. The first kappa shape index (κ1) is 13.7. The summed E-state index contributed by atoms with van der Waals surface area (Å²) in [7, 11) is 1.60. The molecule has 2 rings (SSSR count). The highest BCUT2D eigenvalue weighted by Gasteiger charge is 2.32. The van der Waals surface area contributed by atoms with Crippen molar-refractivity contribution in [1.82, 2.24) is 0 Å². The first-order chi connectivity index (χ1) is 9.02. The van der Waals surface area contributed by atoms with Crippen LogP contribution in [0.4, 0.5) is 5.69 Å². The first-order valence-corrected chi connectivity index (χ1v) is 6.71. The van der Waals surface area contributed by atoms with E-state index < -0.39 is 5.97 Å². The van der Waals surface area contributed by atoms with Gasteiger partial charge in [0, 0.05) is 18.7 Å². The molecule has 1 aromatic rings. The van der Waals surface area contributed by atoms with E-state index in [-0.39, 0.29) is 0 Å². The molecule has 0 unspecified atom stereocenters. The van der Waals surface area contributed by atoms with Gasteiger partial charge in [0.25, 0.3) is 0 Å². The molecule has 1 N–H and O–H groups in total. The molecular weight excluding hydrogens is 242 g/mol. The predicted molar refractivity (Wildman–Crippen MR) is 75.2 cm³/mol. The normalized spacial score (nSPS) is 14.5. The Morgan fingerprint density at radius 2 is 2.16 bits per heavy atom. The van der Waals surface area contributed by atoms with Crippen molar-refractivity contribution >= 4 is 11.7 Å². The van der Waals surface area contributed by atoms with Crippen LogP contribution in [0.15, 0.2) is 18.2 Å². The maximum Gasteiger partial charge on any atom is 0.337 e. The lowest BCUT2D eigenvalue weighted by molar-refractivity contribution is 0.0697. The van der Waals surface area contributed by atoms with Crippen molar-refractivity contribution in [2.75, 3.05) is 18.6 Å². The number of carboxylic acid groups (broad SMARTS) is 1. The SMILES string of the molecule is COc1ccc(C(=O)O)c(N(CC(C)C)C2CC2)c1. The number of hydrogen-bond donors (Lipinski definition) is 1. The maximum absolute atomic E-state index is 11.4. The Balaban J connectivity index is 2.40. The van der Waals surface area contributed by atoms with Gasteiger partial charge in [-0.15, -0.1) is 0 Å². The molecule has 104 valence electrons. The van der Waals surface area contributed by atoms with Crippen molar-refractivity contribution in [3.05, 3.63) is 23.8 Å². The molecule has 0 spiro atoms. The largest absolute Gasteiger partial charge is 0.497 e. The van der Waals surface area contributed by atoms with Gasteiger partial charge in [-0.3, -0.25) is 0 Å². The van der Waals surface area contributed by atoms with Crippen molar-refractivity contribution in [3.63, 3.8) is 0 Å². The molecule has 0 atom stereocenters. The van der Waals surface area contributed by atoms with Crippen LogP contribution in [0.3, 0.4) is 0 Å². The zero-order chi connectivity index (χ0) is 14.0. The van der Waals surface area contributed by atoms with Crippen LogP contribution in [0.25, 0.3) is 0 Å². The highest BCUT2D eigenvalue weighted by molar-refractivity contribution is 5.95. The van der Waals surface area contributed by atoms with E-state index in [4.69, 9.17) is 4.74 Å². The molecule has 19 heavy (non-hydrogen) atoms. The van der Waals surface area contributed by atoms with Crippen LogP contribution in [0.5, 0.6) is 5.75 Å². The lowest BCUT2D eigenvalue weighted by Gasteiger charge is -2.28. The van der Waals surface area contributed by atoms with E-state index in [1.54, 1.807) is 19.2 Å². The van der Waals surface area contributed by atoms with E-state index in [1.807, 2.05) is 6.07 Å². The predicted octanol–water partition coefficient (Wildman–Crippen LogP) is 3.02. The van der Waals surface area contributed by atoms with Crippen molar-refractivity contribution in [2.24, 2.45) is 5.92 Å². The smallest absolute Gasteiger partial charge is 0.337 e. The molecule has 1 aliphatic rings. The van der Waals surface area contributed by atoms with Gasteiger partial charge in [-0.25, -0.2) is 4.79 Å². The van der Waals surface area contributed by atoms with Crippen molar-refractivity contribution < 1.29 is 14.6 Å². The molecule has 0 aromatic heterocycles. The molecule has 0 amide bonds. The summed E-state index contributed by atoms with van der Waals surface area (Å²) in [5.74, 6) is 0.315. The lowest BCUT2D eigenvalue weighted by Crippen LogP contribution is -2.31. The number of rotatable bonds is 6. The van der Waals surface area contributed by atoms with Gasteiger partial charge in [0.2, 0.25) is 0 Å². The third-order valence-corrected chi connectivity index (χ3v) is 3.29. The van der Waals surface area contributed by atoms with Gasteiger partial charge >= 0.3 is 5.97 Å². The molecule has 0 bridgehead atoms. The number of hydrogen-bond acceptors (Lipinski definition) is 3. The lowest BCUT2D eigenvalue weighted by atomic mass is 10.1. The molecule has 0 aliphatic heterocycles. The molecule has 4 nitrogen and oxygen atoms in total. The first-order valence-electron chi connectivity index (χ1n) is 6.71. The van der Waals surface area contributed by atoms with Crippen molar-refractivity contribution in [3.8, 4) is 5.75 Å². The Labute approximate surface area is 114 Å². The summed E-state index contributed by atoms with van der Waals surface area (Å²) >= 11 is 0. The van der Waals surface area contributed by atoms with Crippen LogP contribution in [0, 0.1) is 5.92 Å². The number of carbonyl (C=O) groups is 1. The topological polar surface area (TPSA) is 49.8 Å². The van der Waals surface area contributed by atoms with Crippen LogP contribution in [0.2, 0.25) is 0 Å². The van der Waals surface area contributed by atoms with Gasteiger partial charge in [0.05, 0.1) is 18.4 Å². The monoisotopic (exact) mass is 263 g/mol. The van der Waals surface area contributed by atoms with Gasteiger partial charge in [-0.05, 0) is 30.9 Å². The van der Waals surface area contributed by atoms with Crippen LogP contribution in [0.1, 0.15) is 37.0 Å². The summed E-state index contributed by atoms with van der Waals surface area (Å²) in [5, 5.41) is 9.35. The molecule has 1 aromatic carbocycles. The Bertz CT molecular complexity index is 466. The fourth-order valence-electron chi connectivity index (χ4n) is 2.28. The van der Waals surface area contributed by atoms with Crippen LogP contribution >= 0.6 is 0 Å². The van der Waals surface area contributed by atoms with Crippen molar-refractivity contribution in [1.29, 1.82) is 0 Å². The minimum absolute atomic E-state index is 0.355. The number of benzene rings is 1. The number of nitrogens with zero attached hydrogens (tertiary/aromatic N) is 1. The van der Waals surface area contributed by atoms with E-state index in [1.165, 1.54) is 0 Å².